The molecule has 2 fully saturated rings. The topological polar surface area (TPSA) is 62.1 Å². The number of benzene rings is 1. The molecule has 2 aliphatic heterocycles. The maximum Gasteiger partial charge on any atom is 0.277 e. The fraction of sp³-hybridized carbons (Fsp3) is 0.667. The van der Waals surface area contributed by atoms with E-state index >= 15 is 0 Å². The Morgan fingerprint density at radius 3 is 2.25 bits per heavy atom. The van der Waals surface area contributed by atoms with E-state index in [-0.39, 0.29) is 5.91 Å². The molecule has 0 radical (unpaired) electrons. The monoisotopic (exact) mass is 408 g/mol. The quantitative estimate of drug-likeness (QED) is 0.798. The van der Waals surface area contributed by atoms with Gasteiger partial charge in [-0.2, -0.15) is 4.31 Å². The lowest BCUT2D eigenvalue weighted by Crippen LogP contribution is -3.15. The van der Waals surface area contributed by atoms with Crippen LogP contribution in [0.15, 0.2) is 23.1 Å². The maximum atomic E-state index is 13.0. The molecule has 0 aromatic heterocycles. The molecule has 1 aromatic carbocycles. The molecular weight excluding hydrogens is 374 g/mol. The van der Waals surface area contributed by atoms with Gasteiger partial charge in [0.1, 0.15) is 0 Å². The van der Waals surface area contributed by atoms with Gasteiger partial charge in [0, 0.05) is 38.0 Å². The van der Waals surface area contributed by atoms with Crippen molar-refractivity contribution in [3.05, 3.63) is 29.3 Å². The molecule has 6 nitrogen and oxygen atoms in total. The summed E-state index contributed by atoms with van der Waals surface area (Å²) in [6.07, 6.45) is 1.24. The minimum absolute atomic E-state index is 0.153. The van der Waals surface area contributed by atoms with Gasteiger partial charge in [0.25, 0.3) is 5.91 Å². The second-order valence-corrected chi connectivity index (χ2v) is 10.7. The summed E-state index contributed by atoms with van der Waals surface area (Å²) in [7, 11) is -3.51. The predicted octanol–water partition coefficient (Wildman–Crippen LogP) is 0.697. The Labute approximate surface area is 169 Å². The van der Waals surface area contributed by atoms with E-state index < -0.39 is 10.0 Å². The first kappa shape index (κ1) is 21.3. The number of hydrogen-bond donors (Lipinski definition) is 1. The summed E-state index contributed by atoms with van der Waals surface area (Å²) >= 11 is 0. The van der Waals surface area contributed by atoms with E-state index in [4.69, 9.17) is 0 Å². The SMILES string of the molecule is Cc1ccc(S(=O)(=O)N2CCN(C(=O)C[NH+]3C[C@@H](C)C[C@H](C)C3)CC2)c(C)c1. The predicted molar refractivity (Wildman–Crippen MR) is 110 cm³/mol. The number of piperazine rings is 1. The zero-order valence-electron chi connectivity index (χ0n) is 17.6. The summed E-state index contributed by atoms with van der Waals surface area (Å²) in [6.45, 7) is 12.6. The number of carbonyl (C=O) groups excluding carboxylic acids is 1. The Morgan fingerprint density at radius 1 is 1.07 bits per heavy atom. The smallest absolute Gasteiger partial charge is 0.277 e. The van der Waals surface area contributed by atoms with Gasteiger partial charge >= 0.3 is 0 Å². The standard InChI is InChI=1S/C21H33N3O3S/c1-16-5-6-20(19(4)12-16)28(26,27)24-9-7-23(8-10-24)21(25)15-22-13-17(2)11-18(3)14-22/h5-6,12,17-18H,7-11,13-15H2,1-4H3/p+1/t17-,18-/m0/s1. The lowest BCUT2D eigenvalue weighted by Gasteiger charge is -2.36. The van der Waals surface area contributed by atoms with Crippen LogP contribution in [0.4, 0.5) is 0 Å². The minimum atomic E-state index is -3.51. The van der Waals surface area contributed by atoms with Gasteiger partial charge in [0.2, 0.25) is 10.0 Å². The van der Waals surface area contributed by atoms with Crippen molar-refractivity contribution in [1.29, 1.82) is 0 Å². The fourth-order valence-corrected chi connectivity index (χ4v) is 6.43. The molecule has 0 spiro atoms. The van der Waals surface area contributed by atoms with E-state index in [9.17, 15) is 13.2 Å². The minimum Gasteiger partial charge on any atom is -0.335 e. The number of rotatable bonds is 4. The Balaban J connectivity index is 1.58. The van der Waals surface area contributed by atoms with E-state index in [0.717, 1.165) is 24.2 Å². The van der Waals surface area contributed by atoms with Crippen LogP contribution in [-0.2, 0) is 14.8 Å². The number of sulfonamides is 1. The lowest BCUT2D eigenvalue weighted by molar-refractivity contribution is -0.904. The zero-order valence-corrected chi connectivity index (χ0v) is 18.4. The third kappa shape index (κ3) is 4.75. The van der Waals surface area contributed by atoms with Crippen molar-refractivity contribution in [2.24, 2.45) is 11.8 Å². The molecule has 28 heavy (non-hydrogen) atoms. The van der Waals surface area contributed by atoms with E-state index in [0.29, 0.717) is 49.5 Å². The molecule has 156 valence electrons. The third-order valence-corrected chi connectivity index (χ3v) is 8.08. The normalized spacial score (nSPS) is 27.0. The molecule has 2 atom stereocenters. The van der Waals surface area contributed by atoms with Gasteiger partial charge in [-0.3, -0.25) is 4.79 Å². The highest BCUT2D eigenvalue weighted by Crippen LogP contribution is 2.22. The van der Waals surface area contributed by atoms with Crippen LogP contribution in [0.2, 0.25) is 0 Å². The summed E-state index contributed by atoms with van der Waals surface area (Å²) < 4.78 is 27.5. The van der Waals surface area contributed by atoms with Gasteiger partial charge in [-0.25, -0.2) is 8.42 Å². The summed E-state index contributed by atoms with van der Waals surface area (Å²) in [5.41, 5.74) is 1.83. The molecule has 0 saturated carbocycles. The van der Waals surface area contributed by atoms with Crippen LogP contribution in [0.25, 0.3) is 0 Å². The summed E-state index contributed by atoms with van der Waals surface area (Å²) in [5.74, 6) is 1.47. The van der Waals surface area contributed by atoms with Crippen molar-refractivity contribution in [2.45, 2.75) is 39.0 Å². The number of aryl methyl sites for hydroxylation is 2. The molecular formula is C21H34N3O3S+. The van der Waals surface area contributed by atoms with Crippen molar-refractivity contribution in [3.63, 3.8) is 0 Å². The van der Waals surface area contributed by atoms with Crippen molar-refractivity contribution in [2.75, 3.05) is 45.8 Å². The van der Waals surface area contributed by atoms with Crippen LogP contribution in [0.3, 0.4) is 0 Å². The molecule has 0 aliphatic carbocycles. The van der Waals surface area contributed by atoms with Gasteiger partial charge in [-0.1, -0.05) is 31.5 Å². The molecule has 0 unspecified atom stereocenters. The number of nitrogens with zero attached hydrogens (tertiary/aromatic N) is 2. The Kier molecular flexibility index (Phi) is 6.47. The summed E-state index contributed by atoms with van der Waals surface area (Å²) in [4.78, 5) is 16.3. The second kappa shape index (κ2) is 8.51. The van der Waals surface area contributed by atoms with Crippen LogP contribution in [0, 0.1) is 25.7 Å². The number of likely N-dealkylation sites (tertiary alicyclic amines) is 1. The molecule has 2 aliphatic rings. The largest absolute Gasteiger partial charge is 0.335 e. The average molecular weight is 409 g/mol. The first-order chi connectivity index (χ1) is 13.2. The van der Waals surface area contributed by atoms with Crippen molar-refractivity contribution in [3.8, 4) is 0 Å². The van der Waals surface area contributed by atoms with Crippen molar-refractivity contribution >= 4 is 15.9 Å². The summed E-state index contributed by atoms with van der Waals surface area (Å²) in [6, 6.07) is 5.43. The number of piperidine rings is 1. The van der Waals surface area contributed by atoms with E-state index in [1.165, 1.54) is 15.6 Å². The fourth-order valence-electron chi connectivity index (χ4n) is 4.80. The molecule has 0 bridgehead atoms. The maximum absolute atomic E-state index is 13.0. The molecule has 1 amide bonds. The average Bonchev–Trinajstić information content (AvgIpc) is 2.60. The highest BCUT2D eigenvalue weighted by atomic mass is 32.2. The van der Waals surface area contributed by atoms with Gasteiger partial charge in [-0.15, -0.1) is 0 Å². The van der Waals surface area contributed by atoms with E-state index in [1.807, 2.05) is 30.9 Å². The molecule has 2 saturated heterocycles. The van der Waals surface area contributed by atoms with Crippen LogP contribution in [0.1, 0.15) is 31.4 Å². The third-order valence-electron chi connectivity index (χ3n) is 6.02. The van der Waals surface area contributed by atoms with E-state index in [1.54, 1.807) is 6.07 Å². The van der Waals surface area contributed by atoms with Crippen molar-refractivity contribution < 1.29 is 18.1 Å². The first-order valence-corrected chi connectivity index (χ1v) is 11.8. The Bertz CT molecular complexity index is 806. The van der Waals surface area contributed by atoms with Gasteiger partial charge in [-0.05, 0) is 31.9 Å². The van der Waals surface area contributed by atoms with Crippen molar-refractivity contribution in [1.82, 2.24) is 9.21 Å². The van der Waals surface area contributed by atoms with Gasteiger partial charge in [0.15, 0.2) is 6.54 Å². The molecule has 1 N–H and O–H groups in total. The highest BCUT2D eigenvalue weighted by Gasteiger charge is 2.33. The second-order valence-electron chi connectivity index (χ2n) is 8.83. The van der Waals surface area contributed by atoms with Gasteiger partial charge < -0.3 is 9.80 Å². The molecule has 2 heterocycles. The Hall–Kier alpha value is -1.44. The van der Waals surface area contributed by atoms with Crippen LogP contribution in [0.5, 0.6) is 0 Å². The molecule has 7 heteroatoms. The number of amides is 1. The number of quaternary nitrogens is 1. The Morgan fingerprint density at radius 2 is 1.68 bits per heavy atom. The van der Waals surface area contributed by atoms with Gasteiger partial charge in [0.05, 0.1) is 18.0 Å². The first-order valence-electron chi connectivity index (χ1n) is 10.4. The van der Waals surface area contributed by atoms with Crippen LogP contribution < -0.4 is 4.90 Å². The zero-order chi connectivity index (χ0) is 20.5. The van der Waals surface area contributed by atoms with E-state index in [2.05, 4.69) is 13.8 Å². The summed E-state index contributed by atoms with van der Waals surface area (Å²) in [5, 5.41) is 0. The lowest BCUT2D eigenvalue weighted by atomic mass is 9.92. The van der Waals surface area contributed by atoms with Crippen LogP contribution >= 0.6 is 0 Å². The van der Waals surface area contributed by atoms with Crippen LogP contribution in [-0.4, -0.2) is 69.3 Å². The highest BCUT2D eigenvalue weighted by molar-refractivity contribution is 7.89. The molecule has 3 rings (SSSR count). The molecule has 1 aromatic rings. The number of carbonyl (C=O) groups is 1. The number of hydrogen-bond acceptors (Lipinski definition) is 3. The number of nitrogens with one attached hydrogen (secondary N) is 1.